The van der Waals surface area contributed by atoms with Crippen molar-refractivity contribution in [1.29, 1.82) is 0 Å². The molecule has 0 atom stereocenters. The molecule has 0 aliphatic rings. The molecule has 0 saturated carbocycles. The molecule has 6 nitrogen and oxygen atoms in total. The number of carbonyl (C=O) groups excluding carboxylic acids is 1. The van der Waals surface area contributed by atoms with E-state index < -0.39 is 11.5 Å². The minimum absolute atomic E-state index is 0.00870. The maximum Gasteiger partial charge on any atom is 0.270 e. The first-order valence-electron chi connectivity index (χ1n) is 6.90. The summed E-state index contributed by atoms with van der Waals surface area (Å²) in [5.74, 6) is -0.475. The number of anilines is 1. The molecule has 3 aromatic rings. The SMILES string of the molecule is CCc1cccc(NC(=O)c2cnc3cnccn3c2=O)c1. The summed E-state index contributed by atoms with van der Waals surface area (Å²) in [6, 6.07) is 7.52. The van der Waals surface area contributed by atoms with Crippen LogP contribution in [0.15, 0.2) is 53.8 Å². The molecule has 0 radical (unpaired) electrons. The molecule has 0 fully saturated rings. The normalized spacial score (nSPS) is 10.6. The van der Waals surface area contributed by atoms with Crippen molar-refractivity contribution in [1.82, 2.24) is 14.4 Å². The second-order valence-electron chi connectivity index (χ2n) is 4.79. The Labute approximate surface area is 126 Å². The number of rotatable bonds is 3. The van der Waals surface area contributed by atoms with Crippen molar-refractivity contribution in [2.45, 2.75) is 13.3 Å². The fraction of sp³-hybridized carbons (Fsp3) is 0.125. The number of nitrogens with one attached hydrogen (secondary N) is 1. The molecule has 6 heteroatoms. The van der Waals surface area contributed by atoms with Gasteiger partial charge >= 0.3 is 0 Å². The van der Waals surface area contributed by atoms with Crippen LogP contribution in [-0.2, 0) is 6.42 Å². The van der Waals surface area contributed by atoms with Crippen LogP contribution < -0.4 is 10.9 Å². The van der Waals surface area contributed by atoms with E-state index in [-0.39, 0.29) is 5.56 Å². The lowest BCUT2D eigenvalue weighted by atomic mass is 10.1. The van der Waals surface area contributed by atoms with Crippen LogP contribution in [0.1, 0.15) is 22.8 Å². The highest BCUT2D eigenvalue weighted by atomic mass is 16.2. The van der Waals surface area contributed by atoms with Crippen molar-refractivity contribution in [3.8, 4) is 0 Å². The van der Waals surface area contributed by atoms with E-state index in [1.807, 2.05) is 25.1 Å². The van der Waals surface area contributed by atoms with Crippen molar-refractivity contribution in [2.75, 3.05) is 5.32 Å². The van der Waals surface area contributed by atoms with Gasteiger partial charge in [0.25, 0.3) is 11.5 Å². The summed E-state index contributed by atoms with van der Waals surface area (Å²) in [4.78, 5) is 32.6. The van der Waals surface area contributed by atoms with Crippen molar-refractivity contribution in [2.24, 2.45) is 0 Å². The van der Waals surface area contributed by atoms with Gasteiger partial charge in [0.1, 0.15) is 5.56 Å². The second kappa shape index (κ2) is 5.77. The number of aryl methyl sites for hydroxylation is 1. The van der Waals surface area contributed by atoms with Crippen LogP contribution in [0.2, 0.25) is 0 Å². The number of benzene rings is 1. The van der Waals surface area contributed by atoms with Gasteiger partial charge in [0.2, 0.25) is 0 Å². The summed E-state index contributed by atoms with van der Waals surface area (Å²) in [6.45, 7) is 2.04. The molecular weight excluding hydrogens is 280 g/mol. The van der Waals surface area contributed by atoms with Crippen LogP contribution in [0.25, 0.3) is 5.65 Å². The lowest BCUT2D eigenvalue weighted by molar-refractivity contribution is 0.102. The molecule has 1 N–H and O–H groups in total. The van der Waals surface area contributed by atoms with Crippen LogP contribution in [0, 0.1) is 0 Å². The molecule has 0 spiro atoms. The Morgan fingerprint density at radius 1 is 1.32 bits per heavy atom. The fourth-order valence-corrected chi connectivity index (χ4v) is 2.16. The van der Waals surface area contributed by atoms with Crippen LogP contribution >= 0.6 is 0 Å². The Hall–Kier alpha value is -3.02. The predicted octanol–water partition coefficient (Wildman–Crippen LogP) is 1.90. The molecule has 1 aromatic carbocycles. The molecule has 2 heterocycles. The van der Waals surface area contributed by atoms with E-state index in [4.69, 9.17) is 0 Å². The number of hydrogen-bond acceptors (Lipinski definition) is 4. The van der Waals surface area contributed by atoms with Gasteiger partial charge in [-0.2, -0.15) is 0 Å². The van der Waals surface area contributed by atoms with Gasteiger partial charge in [-0.1, -0.05) is 19.1 Å². The van der Waals surface area contributed by atoms with Crippen molar-refractivity contribution in [3.63, 3.8) is 0 Å². The van der Waals surface area contributed by atoms with E-state index in [0.29, 0.717) is 11.3 Å². The summed E-state index contributed by atoms with van der Waals surface area (Å²) in [7, 11) is 0. The molecule has 0 aliphatic heterocycles. The average molecular weight is 294 g/mol. The van der Waals surface area contributed by atoms with Crippen molar-refractivity contribution in [3.05, 3.63) is 70.5 Å². The summed E-state index contributed by atoms with van der Waals surface area (Å²) >= 11 is 0. The Morgan fingerprint density at radius 2 is 2.18 bits per heavy atom. The van der Waals surface area contributed by atoms with E-state index in [1.54, 1.807) is 6.07 Å². The number of aromatic nitrogens is 3. The largest absolute Gasteiger partial charge is 0.322 e. The van der Waals surface area contributed by atoms with Gasteiger partial charge in [-0.05, 0) is 24.1 Å². The molecule has 1 amide bonds. The zero-order valence-electron chi connectivity index (χ0n) is 12.0. The van der Waals surface area contributed by atoms with Crippen LogP contribution in [-0.4, -0.2) is 20.3 Å². The lowest BCUT2D eigenvalue weighted by Gasteiger charge is -2.07. The van der Waals surface area contributed by atoms with E-state index in [1.165, 1.54) is 29.2 Å². The summed E-state index contributed by atoms with van der Waals surface area (Å²) in [5.41, 5.74) is 1.74. The van der Waals surface area contributed by atoms with Crippen LogP contribution in [0.3, 0.4) is 0 Å². The summed E-state index contributed by atoms with van der Waals surface area (Å²) in [6.07, 6.45) is 6.57. The van der Waals surface area contributed by atoms with Crippen LogP contribution in [0.4, 0.5) is 5.69 Å². The Morgan fingerprint density at radius 3 is 3.00 bits per heavy atom. The molecule has 0 aliphatic carbocycles. The zero-order chi connectivity index (χ0) is 15.5. The summed E-state index contributed by atoms with van der Waals surface area (Å²) < 4.78 is 1.30. The van der Waals surface area contributed by atoms with Gasteiger partial charge in [0.05, 0.1) is 6.20 Å². The zero-order valence-corrected chi connectivity index (χ0v) is 12.0. The van der Waals surface area contributed by atoms with E-state index in [9.17, 15) is 9.59 Å². The van der Waals surface area contributed by atoms with Gasteiger partial charge in [-0.15, -0.1) is 0 Å². The molecule has 3 rings (SSSR count). The highest BCUT2D eigenvalue weighted by Crippen LogP contribution is 2.12. The van der Waals surface area contributed by atoms with Gasteiger partial charge in [0.15, 0.2) is 5.65 Å². The number of carbonyl (C=O) groups is 1. The van der Waals surface area contributed by atoms with E-state index in [0.717, 1.165) is 12.0 Å². The lowest BCUT2D eigenvalue weighted by Crippen LogP contribution is -2.26. The minimum Gasteiger partial charge on any atom is -0.322 e. The Balaban J connectivity index is 1.95. The Bertz CT molecular complexity index is 902. The van der Waals surface area contributed by atoms with E-state index >= 15 is 0 Å². The summed E-state index contributed by atoms with van der Waals surface area (Å²) in [5, 5.41) is 2.73. The minimum atomic E-state index is -0.475. The predicted molar refractivity (Wildman–Crippen MR) is 83.0 cm³/mol. The van der Waals surface area contributed by atoms with Gasteiger partial charge in [-0.3, -0.25) is 19.0 Å². The first kappa shape index (κ1) is 13.9. The third kappa shape index (κ3) is 2.58. The van der Waals surface area contributed by atoms with Crippen LogP contribution in [0.5, 0.6) is 0 Å². The number of fused-ring (bicyclic) bond motifs is 1. The molecule has 22 heavy (non-hydrogen) atoms. The van der Waals surface area contributed by atoms with Gasteiger partial charge < -0.3 is 5.32 Å². The first-order chi connectivity index (χ1) is 10.7. The molecular formula is C16H14N4O2. The quantitative estimate of drug-likeness (QED) is 0.800. The maximum absolute atomic E-state index is 12.3. The van der Waals surface area contributed by atoms with Crippen molar-refractivity contribution >= 4 is 17.2 Å². The maximum atomic E-state index is 12.3. The number of amides is 1. The Kier molecular flexibility index (Phi) is 3.65. The van der Waals surface area contributed by atoms with Gasteiger partial charge in [0, 0.05) is 24.3 Å². The van der Waals surface area contributed by atoms with Crippen molar-refractivity contribution < 1.29 is 4.79 Å². The molecule has 0 bridgehead atoms. The highest BCUT2D eigenvalue weighted by molar-refractivity contribution is 6.03. The monoisotopic (exact) mass is 294 g/mol. The van der Waals surface area contributed by atoms with Gasteiger partial charge in [-0.25, -0.2) is 4.98 Å². The topological polar surface area (TPSA) is 76.4 Å². The third-order valence-corrected chi connectivity index (χ3v) is 3.35. The van der Waals surface area contributed by atoms with E-state index in [2.05, 4.69) is 15.3 Å². The average Bonchev–Trinajstić information content (AvgIpc) is 2.55. The first-order valence-corrected chi connectivity index (χ1v) is 6.90. The second-order valence-corrected chi connectivity index (χ2v) is 4.79. The number of nitrogens with zero attached hydrogens (tertiary/aromatic N) is 3. The fourth-order valence-electron chi connectivity index (χ4n) is 2.16. The number of hydrogen-bond donors (Lipinski definition) is 1. The molecule has 2 aromatic heterocycles. The smallest absolute Gasteiger partial charge is 0.270 e. The molecule has 110 valence electrons. The standard InChI is InChI=1S/C16H14N4O2/c1-2-11-4-3-5-12(8-11)19-15(21)13-9-18-14-10-17-6-7-20(14)16(13)22/h3-10H,2H2,1H3,(H,19,21). The molecule has 0 unspecified atom stereocenters. The third-order valence-electron chi connectivity index (χ3n) is 3.35. The molecule has 0 saturated heterocycles. The highest BCUT2D eigenvalue weighted by Gasteiger charge is 2.13.